The van der Waals surface area contributed by atoms with Crippen molar-refractivity contribution in [2.24, 2.45) is 5.73 Å². The Kier molecular flexibility index (Phi) is 4.94. The Morgan fingerprint density at radius 2 is 2.14 bits per heavy atom. The molecule has 3 N–H and O–H groups in total. The zero-order chi connectivity index (χ0) is 9.84. The lowest BCUT2D eigenvalue weighted by Crippen LogP contribution is -2.12. The third-order valence-electron chi connectivity index (χ3n) is 1.40. The van der Waals surface area contributed by atoms with Crippen molar-refractivity contribution in [2.75, 3.05) is 0 Å². The highest BCUT2D eigenvalue weighted by Gasteiger charge is 2.00. The van der Waals surface area contributed by atoms with Crippen LogP contribution in [-0.4, -0.2) is 16.9 Å². The summed E-state index contributed by atoms with van der Waals surface area (Å²) in [5.41, 5.74) is 5.88. The van der Waals surface area contributed by atoms with Gasteiger partial charge in [-0.05, 0) is 19.9 Å². The number of nitrogens with zero attached hydrogens (tertiary/aromatic N) is 1. The minimum Gasteiger partial charge on any atom is -0.475 e. The molecule has 1 rings (SSSR count). The number of nitrogens with two attached hydrogens (primary N) is 1. The van der Waals surface area contributed by atoms with Gasteiger partial charge in [0.1, 0.15) is 5.84 Å². The second kappa shape index (κ2) is 5.44. The quantitative estimate of drug-likeness (QED) is 0.594. The average molecular weight is 216 g/mol. The second-order valence-corrected chi connectivity index (χ2v) is 2.97. The molecule has 0 saturated heterocycles. The first kappa shape index (κ1) is 12.7. The van der Waals surface area contributed by atoms with E-state index in [0.29, 0.717) is 11.4 Å². The molecule has 0 aliphatic carbocycles. The maximum atomic E-state index is 7.14. The van der Waals surface area contributed by atoms with Gasteiger partial charge >= 0.3 is 0 Å². The number of nitrogen functional groups attached to an aromatic ring is 1. The van der Waals surface area contributed by atoms with Crippen LogP contribution in [0, 0.1) is 5.41 Å². The Morgan fingerprint density at radius 1 is 1.50 bits per heavy atom. The molecule has 0 saturated carbocycles. The molecule has 0 aliphatic rings. The van der Waals surface area contributed by atoms with Gasteiger partial charge in [-0.2, -0.15) is 0 Å². The smallest absolute Gasteiger partial charge is 0.213 e. The van der Waals surface area contributed by atoms with E-state index >= 15 is 0 Å². The molecule has 0 atom stereocenters. The summed E-state index contributed by atoms with van der Waals surface area (Å²) in [6.45, 7) is 3.86. The van der Waals surface area contributed by atoms with Crippen LogP contribution < -0.4 is 10.5 Å². The van der Waals surface area contributed by atoms with Crippen molar-refractivity contribution in [3.63, 3.8) is 0 Å². The minimum absolute atomic E-state index is 0. The number of aromatic nitrogens is 1. The Morgan fingerprint density at radius 3 is 2.50 bits per heavy atom. The molecule has 0 amide bonds. The maximum Gasteiger partial charge on any atom is 0.213 e. The molecular weight excluding hydrogens is 202 g/mol. The third-order valence-corrected chi connectivity index (χ3v) is 1.40. The highest BCUT2D eigenvalue weighted by Crippen LogP contribution is 2.08. The lowest BCUT2D eigenvalue weighted by molar-refractivity contribution is 0.232. The van der Waals surface area contributed by atoms with E-state index in [1.165, 1.54) is 6.20 Å². The molecule has 0 unspecified atom stereocenters. The SMILES string of the molecule is CC(C)Oc1ccc(C(=N)N)cn1.Cl. The Balaban J connectivity index is 0.00000169. The summed E-state index contributed by atoms with van der Waals surface area (Å²) in [4.78, 5) is 4.00. The predicted octanol–water partition coefficient (Wildman–Crippen LogP) is 1.57. The van der Waals surface area contributed by atoms with Gasteiger partial charge in [0.2, 0.25) is 5.88 Å². The first-order valence-electron chi connectivity index (χ1n) is 4.06. The summed E-state index contributed by atoms with van der Waals surface area (Å²) in [6, 6.07) is 3.42. The molecule has 0 radical (unpaired) electrons. The van der Waals surface area contributed by atoms with Gasteiger partial charge in [0, 0.05) is 17.8 Å². The summed E-state index contributed by atoms with van der Waals surface area (Å²) >= 11 is 0. The fourth-order valence-corrected chi connectivity index (χ4v) is 0.851. The van der Waals surface area contributed by atoms with E-state index in [1.807, 2.05) is 13.8 Å². The van der Waals surface area contributed by atoms with E-state index in [9.17, 15) is 0 Å². The van der Waals surface area contributed by atoms with E-state index in [0.717, 1.165) is 0 Å². The first-order chi connectivity index (χ1) is 6.09. The van der Waals surface area contributed by atoms with Crippen molar-refractivity contribution in [3.05, 3.63) is 23.9 Å². The van der Waals surface area contributed by atoms with E-state index in [4.69, 9.17) is 15.9 Å². The minimum atomic E-state index is 0. The Hall–Kier alpha value is -1.29. The highest BCUT2D eigenvalue weighted by molar-refractivity contribution is 5.94. The Labute approximate surface area is 89.4 Å². The number of halogens is 1. The molecule has 0 bridgehead atoms. The van der Waals surface area contributed by atoms with Gasteiger partial charge in [0.05, 0.1) is 6.10 Å². The van der Waals surface area contributed by atoms with E-state index in [1.54, 1.807) is 12.1 Å². The van der Waals surface area contributed by atoms with Gasteiger partial charge in [-0.3, -0.25) is 5.41 Å². The molecule has 1 heterocycles. The Bertz CT molecular complexity index is 297. The van der Waals surface area contributed by atoms with Gasteiger partial charge in [-0.25, -0.2) is 4.98 Å². The molecule has 0 spiro atoms. The lowest BCUT2D eigenvalue weighted by atomic mass is 10.3. The van der Waals surface area contributed by atoms with Gasteiger partial charge in [0.25, 0.3) is 0 Å². The molecule has 1 aromatic heterocycles. The van der Waals surface area contributed by atoms with Crippen molar-refractivity contribution < 1.29 is 4.74 Å². The topological polar surface area (TPSA) is 72.0 Å². The monoisotopic (exact) mass is 215 g/mol. The standard InChI is InChI=1S/C9H13N3O.ClH/c1-6(2)13-8-4-3-7(5-12-8)9(10)11;/h3-6H,1-2H3,(H3,10,11);1H. The number of ether oxygens (including phenoxy) is 1. The number of pyridine rings is 1. The van der Waals surface area contributed by atoms with Crippen molar-refractivity contribution in [3.8, 4) is 5.88 Å². The zero-order valence-corrected chi connectivity index (χ0v) is 8.97. The van der Waals surface area contributed by atoms with Gasteiger partial charge in [0.15, 0.2) is 0 Å². The molecular formula is C9H14ClN3O. The molecule has 5 heteroatoms. The summed E-state index contributed by atoms with van der Waals surface area (Å²) in [5.74, 6) is 0.573. The van der Waals surface area contributed by atoms with Crippen molar-refractivity contribution in [2.45, 2.75) is 20.0 Å². The molecule has 0 aromatic carbocycles. The molecule has 78 valence electrons. The number of hydrogen-bond donors (Lipinski definition) is 2. The van der Waals surface area contributed by atoms with Crippen LogP contribution >= 0.6 is 12.4 Å². The third kappa shape index (κ3) is 3.62. The summed E-state index contributed by atoms with van der Waals surface area (Å²) in [7, 11) is 0. The maximum absolute atomic E-state index is 7.14. The predicted molar refractivity (Wildman–Crippen MR) is 58.3 cm³/mol. The normalized spacial score (nSPS) is 9.36. The van der Waals surface area contributed by atoms with Gasteiger partial charge < -0.3 is 10.5 Å². The number of hydrogen-bond acceptors (Lipinski definition) is 3. The largest absolute Gasteiger partial charge is 0.475 e. The van der Waals surface area contributed by atoms with E-state index < -0.39 is 0 Å². The van der Waals surface area contributed by atoms with Crippen molar-refractivity contribution in [1.29, 1.82) is 5.41 Å². The molecule has 1 aromatic rings. The van der Waals surface area contributed by atoms with Crippen molar-refractivity contribution in [1.82, 2.24) is 4.98 Å². The number of amidine groups is 1. The molecule has 4 nitrogen and oxygen atoms in total. The second-order valence-electron chi connectivity index (χ2n) is 2.97. The van der Waals surface area contributed by atoms with Gasteiger partial charge in [-0.15, -0.1) is 12.4 Å². The average Bonchev–Trinajstić information content (AvgIpc) is 2.04. The molecule has 0 fully saturated rings. The summed E-state index contributed by atoms with van der Waals surface area (Å²) in [5, 5.41) is 7.14. The first-order valence-corrected chi connectivity index (χ1v) is 4.06. The van der Waals surface area contributed by atoms with Gasteiger partial charge in [-0.1, -0.05) is 0 Å². The van der Waals surface area contributed by atoms with Crippen LogP contribution in [0.2, 0.25) is 0 Å². The number of rotatable bonds is 3. The fraction of sp³-hybridized carbons (Fsp3) is 0.333. The van der Waals surface area contributed by atoms with Crippen molar-refractivity contribution >= 4 is 18.2 Å². The van der Waals surface area contributed by atoms with Crippen LogP contribution in [0.1, 0.15) is 19.4 Å². The van der Waals surface area contributed by atoms with E-state index in [2.05, 4.69) is 4.98 Å². The van der Waals surface area contributed by atoms with Crippen LogP contribution in [0.15, 0.2) is 18.3 Å². The molecule has 14 heavy (non-hydrogen) atoms. The van der Waals surface area contributed by atoms with E-state index in [-0.39, 0.29) is 24.3 Å². The fourth-order valence-electron chi connectivity index (χ4n) is 0.851. The lowest BCUT2D eigenvalue weighted by Gasteiger charge is -2.08. The number of nitrogens with one attached hydrogen (secondary N) is 1. The summed E-state index contributed by atoms with van der Waals surface area (Å²) in [6.07, 6.45) is 1.63. The summed E-state index contributed by atoms with van der Waals surface area (Å²) < 4.78 is 5.33. The molecule has 0 aliphatic heterocycles. The van der Waals surface area contributed by atoms with Crippen LogP contribution in [0.25, 0.3) is 0 Å². The van der Waals surface area contributed by atoms with Crippen LogP contribution in [0.5, 0.6) is 5.88 Å². The van der Waals surface area contributed by atoms with Crippen LogP contribution in [-0.2, 0) is 0 Å². The van der Waals surface area contributed by atoms with Crippen LogP contribution in [0.3, 0.4) is 0 Å². The highest BCUT2D eigenvalue weighted by atomic mass is 35.5. The zero-order valence-electron chi connectivity index (χ0n) is 8.15. The van der Waals surface area contributed by atoms with Crippen LogP contribution in [0.4, 0.5) is 0 Å².